The molecule has 11 atom stereocenters. The van der Waals surface area contributed by atoms with Crippen molar-refractivity contribution in [3.8, 4) is 0 Å². The van der Waals surface area contributed by atoms with Gasteiger partial charge in [-0.05, 0) is 91.1 Å². The van der Waals surface area contributed by atoms with Crippen molar-refractivity contribution in [1.82, 2.24) is 5.32 Å². The molecule has 2 saturated carbocycles. The van der Waals surface area contributed by atoms with Gasteiger partial charge in [0, 0.05) is 30.7 Å². The normalized spacial score (nSPS) is 29.7. The highest BCUT2D eigenvalue weighted by Crippen LogP contribution is 2.65. The molecule has 4 aliphatic rings. The summed E-state index contributed by atoms with van der Waals surface area (Å²) in [6, 6.07) is 26.9. The predicted molar refractivity (Wildman–Crippen MR) is 280 cm³/mol. The van der Waals surface area contributed by atoms with Crippen LogP contribution in [0, 0.1) is 16.7 Å². The smallest absolute Gasteiger partial charge is 0.338 e. The van der Waals surface area contributed by atoms with Crippen molar-refractivity contribution < 1.29 is 62.0 Å². The van der Waals surface area contributed by atoms with Crippen molar-refractivity contribution in [3.05, 3.63) is 119 Å². The molecule has 14 nitrogen and oxygen atoms in total. The van der Waals surface area contributed by atoms with Crippen LogP contribution in [0.25, 0.3) is 0 Å². The maximum atomic E-state index is 16.1. The fourth-order valence-electron chi connectivity index (χ4n) is 12.0. The molecule has 2 bridgehead atoms. The fraction of sp³-hybridized carbons (Fsp3) is 0.561. The van der Waals surface area contributed by atoms with E-state index in [1.807, 2.05) is 39.9 Å². The van der Waals surface area contributed by atoms with Crippen molar-refractivity contribution in [2.24, 2.45) is 16.7 Å². The van der Waals surface area contributed by atoms with Crippen LogP contribution in [0.4, 0.5) is 0 Å². The minimum absolute atomic E-state index is 0.0839. The van der Waals surface area contributed by atoms with Gasteiger partial charge in [-0.3, -0.25) is 14.4 Å². The summed E-state index contributed by atoms with van der Waals surface area (Å²) in [7, 11) is -5.50. The van der Waals surface area contributed by atoms with E-state index in [2.05, 4.69) is 26.1 Å². The molecule has 1 unspecified atom stereocenters. The number of fused-ring (bicyclic) bond motifs is 5. The van der Waals surface area contributed by atoms with E-state index in [1.165, 1.54) is 6.92 Å². The summed E-state index contributed by atoms with van der Waals surface area (Å²) in [6.45, 7) is 24.0. The average molecular weight is 1040 g/mol. The van der Waals surface area contributed by atoms with Crippen molar-refractivity contribution in [3.63, 3.8) is 0 Å². The first-order chi connectivity index (χ1) is 34.2. The Morgan fingerprint density at radius 3 is 1.90 bits per heavy atom. The number of Topliss-reactive ketones (excluding diaryl/α,β-unsaturated/α-hetero) is 1. The molecule has 3 N–H and O–H groups in total. The van der Waals surface area contributed by atoms with E-state index in [0.29, 0.717) is 16.7 Å². The Morgan fingerprint density at radius 2 is 1.40 bits per heavy atom. The monoisotopic (exact) mass is 1040 g/mol. The molecule has 0 spiro atoms. The predicted octanol–water partition coefficient (Wildman–Crippen LogP) is 9.22. The van der Waals surface area contributed by atoms with E-state index < -0.39 is 128 Å². The molecule has 73 heavy (non-hydrogen) atoms. The van der Waals surface area contributed by atoms with Crippen molar-refractivity contribution >= 4 is 46.2 Å². The maximum absolute atomic E-state index is 16.1. The highest BCUT2D eigenvalue weighted by molar-refractivity contribution is 6.74. The molecule has 1 amide bonds. The first-order valence-electron chi connectivity index (χ1n) is 25.9. The molecule has 0 radical (unpaired) electrons. The highest BCUT2D eigenvalue weighted by atomic mass is 28.4. The first-order valence-corrected chi connectivity index (χ1v) is 31.3. The number of carbonyl (C=O) groups is 5. The molecule has 396 valence electrons. The Bertz CT molecular complexity index is 2550. The fourth-order valence-corrected chi connectivity index (χ4v) is 16.2. The summed E-state index contributed by atoms with van der Waals surface area (Å²) < 4.78 is 40.4. The molecule has 7 rings (SSSR count). The van der Waals surface area contributed by atoms with Crippen LogP contribution < -0.4 is 5.32 Å². The van der Waals surface area contributed by atoms with Gasteiger partial charge in [-0.2, -0.15) is 0 Å². The van der Waals surface area contributed by atoms with Gasteiger partial charge in [-0.1, -0.05) is 122 Å². The maximum Gasteiger partial charge on any atom is 0.338 e. The quantitative estimate of drug-likeness (QED) is 0.0533. The highest BCUT2D eigenvalue weighted by Gasteiger charge is 2.78. The van der Waals surface area contributed by atoms with E-state index in [1.54, 1.807) is 113 Å². The Morgan fingerprint density at radius 1 is 0.849 bits per heavy atom. The zero-order chi connectivity index (χ0) is 53.7. The second-order valence-corrected chi connectivity index (χ2v) is 32.4. The molecule has 0 aromatic heterocycles. The SMILES string of the molecule is CC[Si](CC)(CC)O[C@H]1C[C@H]2OC[C@@]2(OC(C)=O)[C@H]2[C@H](OC(=O)c3ccccc3)[C@]3(O)C[C@H](OC(=O)C(O[Si](C)(C)C(C)(C)C)[C@@H](NC(=O)c4ccccc4)c4ccccc4)C(C)=C([C@@H](O)C(=O)[C@]12C)C3(C)C. The van der Waals surface area contributed by atoms with Gasteiger partial charge in [-0.15, -0.1) is 0 Å². The summed E-state index contributed by atoms with van der Waals surface area (Å²) in [5.74, 6) is -4.91. The molecular formula is C57H77NO13Si2. The van der Waals surface area contributed by atoms with E-state index in [-0.39, 0.29) is 24.2 Å². The molecular weight excluding hydrogens is 963 g/mol. The topological polar surface area (TPSA) is 193 Å². The average Bonchev–Trinajstić information content (AvgIpc) is 3.35. The van der Waals surface area contributed by atoms with E-state index in [4.69, 9.17) is 27.8 Å². The number of aliphatic hydroxyl groups excluding tert-OH is 1. The Labute approximate surface area is 433 Å². The number of carbonyl (C=O) groups excluding carboxylic acids is 5. The number of esters is 3. The van der Waals surface area contributed by atoms with Crippen molar-refractivity contribution in [2.75, 3.05) is 6.61 Å². The number of aliphatic hydroxyl groups is 2. The minimum atomic E-state index is -2.90. The number of hydrogen-bond donors (Lipinski definition) is 3. The minimum Gasteiger partial charge on any atom is -0.456 e. The van der Waals surface area contributed by atoms with Crippen LogP contribution in [-0.4, -0.2) is 111 Å². The number of amides is 1. The molecule has 3 aliphatic carbocycles. The summed E-state index contributed by atoms with van der Waals surface area (Å²) >= 11 is 0. The Hall–Kier alpha value is -4.82. The van der Waals surface area contributed by atoms with Crippen LogP contribution in [-0.2, 0) is 42.2 Å². The molecule has 3 aromatic rings. The lowest BCUT2D eigenvalue weighted by molar-refractivity contribution is -0.344. The summed E-state index contributed by atoms with van der Waals surface area (Å²) in [5, 5.41) is 29.9. The number of ketones is 1. The van der Waals surface area contributed by atoms with Gasteiger partial charge in [0.2, 0.25) is 0 Å². The van der Waals surface area contributed by atoms with Crippen molar-refractivity contribution in [1.29, 1.82) is 0 Å². The third-order valence-electron chi connectivity index (χ3n) is 17.7. The zero-order valence-corrected chi connectivity index (χ0v) is 46.9. The van der Waals surface area contributed by atoms with E-state index >= 15 is 9.59 Å². The molecule has 1 saturated heterocycles. The van der Waals surface area contributed by atoms with Crippen LogP contribution in [0.5, 0.6) is 0 Å². The first kappa shape index (κ1) is 55.9. The van der Waals surface area contributed by atoms with Crippen LogP contribution in [0.1, 0.15) is 121 Å². The second-order valence-electron chi connectivity index (χ2n) is 23.0. The summed E-state index contributed by atoms with van der Waals surface area (Å²) in [6.07, 6.45) is -8.52. The van der Waals surface area contributed by atoms with E-state index in [0.717, 1.165) is 18.1 Å². The third kappa shape index (κ3) is 9.86. The number of ether oxygens (including phenoxy) is 4. The van der Waals surface area contributed by atoms with Gasteiger partial charge in [0.05, 0.1) is 35.6 Å². The lowest BCUT2D eigenvalue weighted by Gasteiger charge is -2.68. The van der Waals surface area contributed by atoms with Gasteiger partial charge in [0.25, 0.3) is 5.91 Å². The van der Waals surface area contributed by atoms with Crippen LogP contribution in [0.2, 0.25) is 36.3 Å². The third-order valence-corrected chi connectivity index (χ3v) is 26.8. The van der Waals surface area contributed by atoms with Gasteiger partial charge < -0.3 is 43.3 Å². The Balaban J connectivity index is 1.44. The second kappa shape index (κ2) is 20.7. The summed E-state index contributed by atoms with van der Waals surface area (Å²) in [5.41, 5.74) is -5.85. The number of hydrogen-bond acceptors (Lipinski definition) is 13. The molecule has 3 aromatic carbocycles. The molecule has 1 heterocycles. The van der Waals surface area contributed by atoms with Crippen molar-refractivity contribution in [2.45, 2.75) is 179 Å². The Kier molecular flexibility index (Phi) is 15.9. The number of benzene rings is 3. The van der Waals surface area contributed by atoms with Gasteiger partial charge in [0.1, 0.15) is 30.0 Å². The molecule has 1 aliphatic heterocycles. The zero-order valence-electron chi connectivity index (χ0n) is 44.9. The number of nitrogens with one attached hydrogen (secondary N) is 1. The lowest BCUT2D eigenvalue weighted by atomic mass is 9.44. The van der Waals surface area contributed by atoms with Gasteiger partial charge in [-0.25, -0.2) is 9.59 Å². The molecule has 16 heteroatoms. The van der Waals surface area contributed by atoms with Crippen LogP contribution >= 0.6 is 0 Å². The van der Waals surface area contributed by atoms with Gasteiger partial charge >= 0.3 is 17.9 Å². The molecule has 3 fully saturated rings. The van der Waals surface area contributed by atoms with Gasteiger partial charge in [0.15, 0.2) is 34.1 Å². The van der Waals surface area contributed by atoms with Crippen LogP contribution in [0.3, 0.4) is 0 Å². The lowest BCUT2D eigenvalue weighted by Crippen LogP contribution is -2.82. The standard InChI is InChI=1S/C57H77NO13Si2/c1-14-73(15-2,16-3)70-41-32-42-56(34-66-42,69-36(5)59)47-49(68-51(63)39-30-24-19-25-31-39)57(65)33-40(35(4)43(54(57,9)10)45(60)48(61)55(41,47)11)67-52(64)46(71-72(12,13)53(6,7)8)44(37-26-20-17-21-27-37)58-50(62)38-28-22-18-23-29-38/h17-31,40-42,44-47,49,60,65H,14-16,32-34H2,1-13H3,(H,58,62)/t40-,41-,42+,44-,45+,46?,47-,49-,55+,56-,57+/m0/s1. The van der Waals surface area contributed by atoms with E-state index in [9.17, 15) is 24.6 Å². The van der Waals surface area contributed by atoms with Crippen LogP contribution in [0.15, 0.2) is 102 Å². The summed E-state index contributed by atoms with van der Waals surface area (Å²) in [4.78, 5) is 74.0. The largest absolute Gasteiger partial charge is 0.456 e. The number of rotatable bonds is 16.